The molecule has 3 rings (SSSR count). The van der Waals surface area contributed by atoms with Gasteiger partial charge in [0.25, 0.3) is 5.91 Å². The number of aliphatic hydroxyl groups excluding tert-OH is 1. The van der Waals surface area contributed by atoms with Crippen molar-refractivity contribution in [2.75, 3.05) is 32.8 Å². The number of hydrogen-bond acceptors (Lipinski definition) is 4. The third kappa shape index (κ3) is 3.44. The van der Waals surface area contributed by atoms with Crippen molar-refractivity contribution in [2.45, 2.75) is 31.2 Å². The number of piperidine rings is 1. The molecule has 26 heavy (non-hydrogen) atoms. The Morgan fingerprint density at radius 1 is 1.12 bits per heavy atom. The fourth-order valence-electron chi connectivity index (χ4n) is 4.07. The molecule has 1 aromatic rings. The van der Waals surface area contributed by atoms with Gasteiger partial charge in [-0.15, -0.1) is 0 Å². The van der Waals surface area contributed by atoms with Crippen molar-refractivity contribution in [3.63, 3.8) is 0 Å². The van der Waals surface area contributed by atoms with Crippen molar-refractivity contribution in [2.24, 2.45) is 0 Å². The molecule has 2 N–H and O–H groups in total. The summed E-state index contributed by atoms with van der Waals surface area (Å²) < 4.78 is 0. The highest BCUT2D eigenvalue weighted by atomic mass is 16.3. The van der Waals surface area contributed by atoms with Gasteiger partial charge in [0.15, 0.2) is 0 Å². The lowest BCUT2D eigenvalue weighted by Crippen LogP contribution is -2.62. The molecule has 1 spiro atoms. The normalized spacial score (nSPS) is 22.7. The van der Waals surface area contributed by atoms with Gasteiger partial charge in [0.2, 0.25) is 11.8 Å². The van der Waals surface area contributed by atoms with E-state index in [0.29, 0.717) is 38.0 Å². The first-order valence-corrected chi connectivity index (χ1v) is 9.12. The van der Waals surface area contributed by atoms with E-state index >= 15 is 0 Å². The molecule has 0 aliphatic carbocycles. The van der Waals surface area contributed by atoms with Gasteiger partial charge in [-0.3, -0.25) is 14.4 Å². The molecule has 1 unspecified atom stereocenters. The molecule has 7 heteroatoms. The van der Waals surface area contributed by atoms with E-state index in [1.165, 1.54) is 0 Å². The summed E-state index contributed by atoms with van der Waals surface area (Å²) in [5, 5.41) is 11.8. The van der Waals surface area contributed by atoms with Crippen molar-refractivity contribution < 1.29 is 19.5 Å². The Bertz CT molecular complexity index is 677. The van der Waals surface area contributed by atoms with Crippen molar-refractivity contribution >= 4 is 17.7 Å². The van der Waals surface area contributed by atoms with Gasteiger partial charge in [0.05, 0.1) is 13.2 Å². The number of β-amino-alcohol motifs (C(OH)–C–C–N with tert-alkyl or cyclic N) is 1. The zero-order chi connectivity index (χ0) is 18.6. The standard InChI is InChI=1S/C19H25N3O4/c23-13-12-21-10-4-8-19(18(21)26)9-5-11-22(19)16(24)14-20-17(25)15-6-2-1-3-7-15/h1-3,6-7,23H,4-5,8-14H2,(H,20,25). The quantitative estimate of drug-likeness (QED) is 0.796. The zero-order valence-corrected chi connectivity index (χ0v) is 14.8. The Labute approximate surface area is 153 Å². The van der Waals surface area contributed by atoms with Gasteiger partial charge in [-0.1, -0.05) is 18.2 Å². The minimum atomic E-state index is -0.804. The smallest absolute Gasteiger partial charge is 0.251 e. The molecule has 0 aromatic heterocycles. The van der Waals surface area contributed by atoms with E-state index < -0.39 is 5.54 Å². The van der Waals surface area contributed by atoms with E-state index in [0.717, 1.165) is 12.8 Å². The van der Waals surface area contributed by atoms with E-state index in [2.05, 4.69) is 5.32 Å². The number of benzene rings is 1. The average Bonchev–Trinajstić information content (AvgIpc) is 3.09. The molecule has 0 radical (unpaired) electrons. The Morgan fingerprint density at radius 2 is 1.81 bits per heavy atom. The highest BCUT2D eigenvalue weighted by Gasteiger charge is 2.52. The van der Waals surface area contributed by atoms with Crippen molar-refractivity contribution in [3.8, 4) is 0 Å². The first kappa shape index (κ1) is 18.4. The summed E-state index contributed by atoms with van der Waals surface area (Å²) in [6, 6.07) is 8.73. The van der Waals surface area contributed by atoms with Crippen molar-refractivity contribution in [1.82, 2.24) is 15.1 Å². The van der Waals surface area contributed by atoms with E-state index in [1.54, 1.807) is 34.1 Å². The maximum Gasteiger partial charge on any atom is 0.251 e. The molecule has 2 saturated heterocycles. The van der Waals surface area contributed by atoms with Gasteiger partial charge in [0, 0.05) is 25.2 Å². The number of carbonyl (C=O) groups excluding carboxylic acids is 3. The molecule has 1 aromatic carbocycles. The Kier molecular flexibility index (Phi) is 5.56. The SMILES string of the molecule is O=C(NCC(=O)N1CCCC12CCCN(CCO)C2=O)c1ccccc1. The Balaban J connectivity index is 1.66. The summed E-state index contributed by atoms with van der Waals surface area (Å²) in [6.45, 7) is 1.24. The molecule has 2 aliphatic heterocycles. The maximum atomic E-state index is 12.9. The average molecular weight is 359 g/mol. The molecule has 2 heterocycles. The van der Waals surface area contributed by atoms with E-state index in [4.69, 9.17) is 0 Å². The molecule has 3 amide bonds. The van der Waals surface area contributed by atoms with Crippen LogP contribution in [-0.4, -0.2) is 71.0 Å². The van der Waals surface area contributed by atoms with Crippen LogP contribution in [0.2, 0.25) is 0 Å². The molecule has 1 atom stereocenters. The van der Waals surface area contributed by atoms with Crippen LogP contribution in [0.15, 0.2) is 30.3 Å². The minimum Gasteiger partial charge on any atom is -0.395 e. The number of carbonyl (C=O) groups is 3. The predicted octanol–water partition coefficient (Wildman–Crippen LogP) is 0.392. The second-order valence-corrected chi connectivity index (χ2v) is 6.85. The summed E-state index contributed by atoms with van der Waals surface area (Å²) >= 11 is 0. The van der Waals surface area contributed by atoms with Crippen LogP contribution in [0.1, 0.15) is 36.0 Å². The van der Waals surface area contributed by atoms with Gasteiger partial charge in [-0.05, 0) is 37.8 Å². The number of nitrogens with one attached hydrogen (secondary N) is 1. The second-order valence-electron chi connectivity index (χ2n) is 6.85. The Morgan fingerprint density at radius 3 is 2.50 bits per heavy atom. The van der Waals surface area contributed by atoms with E-state index in [-0.39, 0.29) is 30.9 Å². The third-order valence-corrected chi connectivity index (χ3v) is 5.30. The van der Waals surface area contributed by atoms with Crippen LogP contribution >= 0.6 is 0 Å². The molecule has 7 nitrogen and oxygen atoms in total. The van der Waals surface area contributed by atoms with Crippen molar-refractivity contribution in [1.29, 1.82) is 0 Å². The van der Waals surface area contributed by atoms with Crippen LogP contribution in [-0.2, 0) is 9.59 Å². The summed E-state index contributed by atoms with van der Waals surface area (Å²) in [7, 11) is 0. The second kappa shape index (κ2) is 7.86. The summed E-state index contributed by atoms with van der Waals surface area (Å²) in [5.41, 5.74) is -0.304. The molecule has 0 bridgehead atoms. The number of likely N-dealkylation sites (tertiary alicyclic amines) is 2. The first-order valence-electron chi connectivity index (χ1n) is 9.12. The lowest BCUT2D eigenvalue weighted by atomic mass is 9.85. The Hall–Kier alpha value is -2.41. The maximum absolute atomic E-state index is 12.9. The minimum absolute atomic E-state index is 0.0713. The summed E-state index contributed by atoms with van der Waals surface area (Å²) in [5.74, 6) is -0.604. The number of aliphatic hydroxyl groups is 1. The highest BCUT2D eigenvalue weighted by molar-refractivity contribution is 5.98. The topological polar surface area (TPSA) is 90.0 Å². The van der Waals surface area contributed by atoms with Crippen LogP contribution in [0.25, 0.3) is 0 Å². The van der Waals surface area contributed by atoms with Gasteiger partial charge in [-0.2, -0.15) is 0 Å². The fraction of sp³-hybridized carbons (Fsp3) is 0.526. The van der Waals surface area contributed by atoms with Gasteiger partial charge in [-0.25, -0.2) is 0 Å². The third-order valence-electron chi connectivity index (χ3n) is 5.30. The van der Waals surface area contributed by atoms with Gasteiger partial charge >= 0.3 is 0 Å². The zero-order valence-electron chi connectivity index (χ0n) is 14.8. The van der Waals surface area contributed by atoms with Crippen molar-refractivity contribution in [3.05, 3.63) is 35.9 Å². The number of hydrogen-bond donors (Lipinski definition) is 2. The molecule has 0 saturated carbocycles. The van der Waals surface area contributed by atoms with Gasteiger partial charge in [0.1, 0.15) is 5.54 Å². The van der Waals surface area contributed by atoms with Crippen LogP contribution in [0.5, 0.6) is 0 Å². The monoisotopic (exact) mass is 359 g/mol. The molecule has 140 valence electrons. The van der Waals surface area contributed by atoms with E-state index in [1.807, 2.05) is 6.07 Å². The lowest BCUT2D eigenvalue weighted by molar-refractivity contribution is -0.155. The molecule has 2 aliphatic rings. The van der Waals surface area contributed by atoms with Crippen LogP contribution < -0.4 is 5.32 Å². The largest absolute Gasteiger partial charge is 0.395 e. The fourth-order valence-corrected chi connectivity index (χ4v) is 4.07. The van der Waals surface area contributed by atoms with Crippen LogP contribution in [0, 0.1) is 0 Å². The highest BCUT2D eigenvalue weighted by Crippen LogP contribution is 2.38. The number of nitrogens with zero attached hydrogens (tertiary/aromatic N) is 2. The summed E-state index contributed by atoms with van der Waals surface area (Å²) in [6.07, 6.45) is 2.88. The predicted molar refractivity (Wildman–Crippen MR) is 95.4 cm³/mol. The number of amides is 3. The molecule has 2 fully saturated rings. The first-order chi connectivity index (χ1) is 12.6. The van der Waals surface area contributed by atoms with E-state index in [9.17, 15) is 19.5 Å². The summed E-state index contributed by atoms with van der Waals surface area (Å²) in [4.78, 5) is 41.1. The number of rotatable bonds is 5. The van der Waals surface area contributed by atoms with Gasteiger partial charge < -0.3 is 20.2 Å². The molecular formula is C19H25N3O4. The van der Waals surface area contributed by atoms with Crippen LogP contribution in [0.3, 0.4) is 0 Å². The van der Waals surface area contributed by atoms with Crippen LogP contribution in [0.4, 0.5) is 0 Å². The molecular weight excluding hydrogens is 334 g/mol. The lowest BCUT2D eigenvalue weighted by Gasteiger charge is -2.44.